The molecule has 36 heavy (non-hydrogen) atoms. The molecule has 0 bridgehead atoms. The SMILES string of the molecule is CC(C)(C)NC(=O)[C@H](Cc1ccccc1)N(Cc1ccc(Cl)cc1Cl)C(=O)Cc1c(Cl)cccc1Cl. The molecule has 0 heterocycles. The van der Waals surface area contributed by atoms with Crippen molar-refractivity contribution in [2.24, 2.45) is 0 Å². The van der Waals surface area contributed by atoms with E-state index in [0.29, 0.717) is 37.6 Å². The second kappa shape index (κ2) is 12.3. The summed E-state index contributed by atoms with van der Waals surface area (Å²) in [6.45, 7) is 5.80. The smallest absolute Gasteiger partial charge is 0.243 e. The number of nitrogens with one attached hydrogen (secondary N) is 1. The molecule has 0 saturated carbocycles. The summed E-state index contributed by atoms with van der Waals surface area (Å²) in [5, 5.41) is 4.70. The van der Waals surface area contributed by atoms with Crippen molar-refractivity contribution in [1.29, 1.82) is 0 Å². The molecule has 0 aliphatic carbocycles. The average Bonchev–Trinajstić information content (AvgIpc) is 2.79. The minimum atomic E-state index is -0.813. The van der Waals surface area contributed by atoms with E-state index in [1.807, 2.05) is 51.1 Å². The van der Waals surface area contributed by atoms with E-state index >= 15 is 0 Å². The van der Waals surface area contributed by atoms with Crippen molar-refractivity contribution in [3.05, 3.63) is 104 Å². The molecule has 0 unspecified atom stereocenters. The van der Waals surface area contributed by atoms with Gasteiger partial charge in [-0.25, -0.2) is 0 Å². The zero-order chi connectivity index (χ0) is 26.5. The number of rotatable bonds is 8. The van der Waals surface area contributed by atoms with Gasteiger partial charge in [0, 0.05) is 38.6 Å². The van der Waals surface area contributed by atoms with Crippen LogP contribution >= 0.6 is 46.4 Å². The largest absolute Gasteiger partial charge is 0.350 e. The third-order valence-corrected chi connectivity index (χ3v) is 6.81. The summed E-state index contributed by atoms with van der Waals surface area (Å²) in [4.78, 5) is 29.0. The monoisotopic (exact) mass is 564 g/mol. The molecular weight excluding hydrogens is 538 g/mol. The van der Waals surface area contributed by atoms with Crippen LogP contribution in [0.25, 0.3) is 0 Å². The molecule has 0 radical (unpaired) electrons. The summed E-state index contributed by atoms with van der Waals surface area (Å²) in [5.41, 5.74) is 1.60. The van der Waals surface area contributed by atoms with Gasteiger partial charge in [0.2, 0.25) is 11.8 Å². The van der Waals surface area contributed by atoms with Crippen LogP contribution in [-0.4, -0.2) is 28.3 Å². The summed E-state index contributed by atoms with van der Waals surface area (Å²) < 4.78 is 0. The number of benzene rings is 3. The van der Waals surface area contributed by atoms with Crippen LogP contribution in [0, 0.1) is 0 Å². The van der Waals surface area contributed by atoms with Gasteiger partial charge in [-0.3, -0.25) is 9.59 Å². The highest BCUT2D eigenvalue weighted by molar-refractivity contribution is 6.36. The Kier molecular flexibility index (Phi) is 9.71. The molecule has 0 aliphatic heterocycles. The van der Waals surface area contributed by atoms with Gasteiger partial charge in [0.25, 0.3) is 0 Å². The van der Waals surface area contributed by atoms with E-state index in [2.05, 4.69) is 5.32 Å². The Hall–Kier alpha value is -2.24. The van der Waals surface area contributed by atoms with E-state index < -0.39 is 11.6 Å². The van der Waals surface area contributed by atoms with E-state index in [-0.39, 0.29) is 24.8 Å². The third kappa shape index (κ3) is 7.88. The van der Waals surface area contributed by atoms with Crippen molar-refractivity contribution in [2.45, 2.75) is 51.7 Å². The number of hydrogen-bond acceptors (Lipinski definition) is 2. The molecule has 3 aromatic carbocycles. The van der Waals surface area contributed by atoms with Crippen molar-refractivity contribution in [1.82, 2.24) is 10.2 Å². The van der Waals surface area contributed by atoms with Crippen LogP contribution in [0.1, 0.15) is 37.5 Å². The molecule has 0 aromatic heterocycles. The maximum Gasteiger partial charge on any atom is 0.243 e. The molecular formula is C28H28Cl4N2O2. The number of amides is 2. The first-order valence-corrected chi connectivity index (χ1v) is 13.0. The average molecular weight is 566 g/mol. The lowest BCUT2D eigenvalue weighted by Crippen LogP contribution is -2.54. The first kappa shape index (κ1) is 28.3. The highest BCUT2D eigenvalue weighted by Gasteiger charge is 2.33. The highest BCUT2D eigenvalue weighted by atomic mass is 35.5. The van der Waals surface area contributed by atoms with Crippen molar-refractivity contribution >= 4 is 58.2 Å². The minimum Gasteiger partial charge on any atom is -0.350 e. The van der Waals surface area contributed by atoms with Crippen LogP contribution in [0.5, 0.6) is 0 Å². The molecule has 0 spiro atoms. The molecule has 1 atom stereocenters. The Morgan fingerprint density at radius 3 is 2.08 bits per heavy atom. The lowest BCUT2D eigenvalue weighted by atomic mass is 9.99. The molecule has 190 valence electrons. The Morgan fingerprint density at radius 1 is 0.861 bits per heavy atom. The lowest BCUT2D eigenvalue weighted by molar-refractivity contribution is -0.141. The molecule has 4 nitrogen and oxygen atoms in total. The third-order valence-electron chi connectivity index (χ3n) is 5.51. The van der Waals surface area contributed by atoms with E-state index in [0.717, 1.165) is 5.56 Å². The standard InChI is InChI=1S/C28H28Cl4N2O2/c1-28(2,3)33-27(36)25(14-18-8-5-4-6-9-18)34(17-19-12-13-20(29)15-24(19)32)26(35)16-21-22(30)10-7-11-23(21)31/h4-13,15,25H,14,16-17H2,1-3H3,(H,33,36)/t25-/m0/s1. The molecule has 0 aliphatic rings. The second-order valence-corrected chi connectivity index (χ2v) is 11.2. The van der Waals surface area contributed by atoms with Crippen molar-refractivity contribution in [3.8, 4) is 0 Å². The fraction of sp³-hybridized carbons (Fsp3) is 0.286. The Labute approximate surface area is 232 Å². The van der Waals surface area contributed by atoms with Gasteiger partial charge in [-0.2, -0.15) is 0 Å². The van der Waals surface area contributed by atoms with Gasteiger partial charge in [-0.1, -0.05) is 88.9 Å². The number of halogens is 4. The van der Waals surface area contributed by atoms with E-state index in [1.165, 1.54) is 0 Å². The molecule has 0 saturated heterocycles. The van der Waals surface area contributed by atoms with E-state index in [4.69, 9.17) is 46.4 Å². The van der Waals surface area contributed by atoms with Crippen LogP contribution < -0.4 is 5.32 Å². The molecule has 2 amide bonds. The Bertz CT molecular complexity index is 1210. The second-order valence-electron chi connectivity index (χ2n) is 9.58. The van der Waals surface area contributed by atoms with Crippen LogP contribution in [0.3, 0.4) is 0 Å². The number of carbonyl (C=O) groups is 2. The lowest BCUT2D eigenvalue weighted by Gasteiger charge is -2.34. The molecule has 3 aromatic rings. The first-order chi connectivity index (χ1) is 16.9. The fourth-order valence-corrected chi connectivity index (χ4v) is 4.79. The number of hydrogen-bond donors (Lipinski definition) is 1. The maximum absolute atomic E-state index is 13.9. The number of carbonyl (C=O) groups excluding carboxylic acids is 2. The van der Waals surface area contributed by atoms with Gasteiger partial charge in [-0.15, -0.1) is 0 Å². The predicted molar refractivity (Wildman–Crippen MR) is 149 cm³/mol. The highest BCUT2D eigenvalue weighted by Crippen LogP contribution is 2.28. The van der Waals surface area contributed by atoms with E-state index in [9.17, 15) is 9.59 Å². The van der Waals surface area contributed by atoms with Gasteiger partial charge in [0.05, 0.1) is 6.42 Å². The fourth-order valence-electron chi connectivity index (χ4n) is 3.79. The topological polar surface area (TPSA) is 49.4 Å². The van der Waals surface area contributed by atoms with Crippen LogP contribution in [0.2, 0.25) is 20.1 Å². The zero-order valence-corrected chi connectivity index (χ0v) is 23.3. The van der Waals surface area contributed by atoms with Crippen molar-refractivity contribution < 1.29 is 9.59 Å². The summed E-state index contributed by atoms with van der Waals surface area (Å²) >= 11 is 25.3. The van der Waals surface area contributed by atoms with E-state index in [1.54, 1.807) is 41.3 Å². The van der Waals surface area contributed by atoms with Gasteiger partial charge >= 0.3 is 0 Å². The van der Waals surface area contributed by atoms with Gasteiger partial charge in [0.15, 0.2) is 0 Å². The molecule has 0 fully saturated rings. The Balaban J connectivity index is 2.06. The van der Waals surface area contributed by atoms with Crippen LogP contribution in [-0.2, 0) is 29.0 Å². The Morgan fingerprint density at radius 2 is 1.50 bits per heavy atom. The van der Waals surface area contributed by atoms with Gasteiger partial charge < -0.3 is 10.2 Å². The molecule has 8 heteroatoms. The normalized spacial score (nSPS) is 12.2. The summed E-state index contributed by atoms with van der Waals surface area (Å²) in [7, 11) is 0. The maximum atomic E-state index is 13.9. The first-order valence-electron chi connectivity index (χ1n) is 11.5. The van der Waals surface area contributed by atoms with Crippen LogP contribution in [0.15, 0.2) is 66.7 Å². The molecule has 1 N–H and O–H groups in total. The summed E-state index contributed by atoms with van der Waals surface area (Å²) in [5.74, 6) is -0.573. The molecule has 3 rings (SSSR count). The quantitative estimate of drug-likeness (QED) is 0.309. The number of nitrogens with zero attached hydrogens (tertiary/aromatic N) is 1. The van der Waals surface area contributed by atoms with Crippen molar-refractivity contribution in [3.63, 3.8) is 0 Å². The zero-order valence-electron chi connectivity index (χ0n) is 20.3. The van der Waals surface area contributed by atoms with Gasteiger partial charge in [0.1, 0.15) is 6.04 Å². The summed E-state index contributed by atoms with van der Waals surface area (Å²) in [6, 6.07) is 18.9. The van der Waals surface area contributed by atoms with Gasteiger partial charge in [-0.05, 0) is 61.7 Å². The predicted octanol–water partition coefficient (Wildman–Crippen LogP) is 7.40. The minimum absolute atomic E-state index is 0.0716. The van der Waals surface area contributed by atoms with Crippen molar-refractivity contribution in [2.75, 3.05) is 0 Å². The van der Waals surface area contributed by atoms with Crippen LogP contribution in [0.4, 0.5) is 0 Å². The summed E-state index contributed by atoms with van der Waals surface area (Å²) in [6.07, 6.45) is 0.244.